The number of nitrogens with zero attached hydrogens (tertiary/aromatic N) is 1. The third kappa shape index (κ3) is 4.42. The second-order valence-electron chi connectivity index (χ2n) is 7.52. The molecule has 0 bridgehead atoms. The van der Waals surface area contributed by atoms with Gasteiger partial charge in [-0.2, -0.15) is 16.1 Å². The minimum absolute atomic E-state index is 0.106. The van der Waals surface area contributed by atoms with Crippen molar-refractivity contribution in [3.63, 3.8) is 0 Å². The quantitative estimate of drug-likeness (QED) is 0.782. The molecule has 3 rings (SSSR count). The zero-order chi connectivity index (χ0) is 20.4. The fourth-order valence-electron chi connectivity index (χ4n) is 3.80. The van der Waals surface area contributed by atoms with Gasteiger partial charge >= 0.3 is 0 Å². The molecule has 0 aromatic heterocycles. The van der Waals surface area contributed by atoms with Crippen molar-refractivity contribution in [1.82, 2.24) is 4.31 Å². The summed E-state index contributed by atoms with van der Waals surface area (Å²) < 4.78 is 27.7. The first-order valence-electron chi connectivity index (χ1n) is 9.25. The Morgan fingerprint density at radius 2 is 1.61 bits per heavy atom. The van der Waals surface area contributed by atoms with Gasteiger partial charge in [0.1, 0.15) is 6.04 Å². The summed E-state index contributed by atoms with van der Waals surface area (Å²) in [5, 5.41) is 0. The number of carbonyl (C=O) groups excluding carboxylic acids is 1. The summed E-state index contributed by atoms with van der Waals surface area (Å²) >= 11 is 1.58. The predicted octanol–water partition coefficient (Wildman–Crippen LogP) is 2.83. The standard InChI is InChI=1S/C21H26N2O3S2/c1-21(2)19(20(22)24)23(13-14-27-21)28(25,26)15-18(16-9-5-3-6-10-16)17-11-7-4-8-12-17/h3-12,18-19H,13-15H2,1-2H3,(H2,22,24). The highest BCUT2D eigenvalue weighted by atomic mass is 32.2. The topological polar surface area (TPSA) is 80.5 Å². The molecule has 28 heavy (non-hydrogen) atoms. The van der Waals surface area contributed by atoms with Gasteiger partial charge in [-0.25, -0.2) is 8.42 Å². The molecule has 1 atom stereocenters. The number of thioether (sulfide) groups is 1. The molecule has 1 aliphatic heterocycles. The first-order chi connectivity index (χ1) is 13.2. The van der Waals surface area contributed by atoms with Crippen LogP contribution >= 0.6 is 11.8 Å². The average Bonchev–Trinajstić information content (AvgIpc) is 2.66. The van der Waals surface area contributed by atoms with E-state index in [2.05, 4.69) is 0 Å². The number of carbonyl (C=O) groups is 1. The van der Waals surface area contributed by atoms with E-state index in [1.807, 2.05) is 74.5 Å². The second kappa shape index (κ2) is 8.27. The van der Waals surface area contributed by atoms with E-state index in [0.29, 0.717) is 12.3 Å². The SMILES string of the molecule is CC1(C)SCCN(S(=O)(=O)CC(c2ccccc2)c2ccccc2)C1C(N)=O. The highest BCUT2D eigenvalue weighted by molar-refractivity contribution is 8.00. The van der Waals surface area contributed by atoms with Gasteiger partial charge in [0.05, 0.1) is 5.75 Å². The van der Waals surface area contributed by atoms with Gasteiger partial charge in [0.15, 0.2) is 0 Å². The van der Waals surface area contributed by atoms with E-state index >= 15 is 0 Å². The van der Waals surface area contributed by atoms with Crippen LogP contribution in [0.25, 0.3) is 0 Å². The molecule has 2 aromatic rings. The van der Waals surface area contributed by atoms with E-state index in [4.69, 9.17) is 5.73 Å². The number of amides is 1. The van der Waals surface area contributed by atoms with Crippen molar-refractivity contribution in [3.05, 3.63) is 71.8 Å². The summed E-state index contributed by atoms with van der Waals surface area (Å²) in [7, 11) is -3.72. The summed E-state index contributed by atoms with van der Waals surface area (Å²) in [6, 6.07) is 18.3. The molecule has 1 heterocycles. The van der Waals surface area contributed by atoms with E-state index < -0.39 is 26.7 Å². The van der Waals surface area contributed by atoms with Crippen molar-refractivity contribution in [2.24, 2.45) is 5.73 Å². The third-order valence-corrected chi connectivity index (χ3v) is 8.36. The van der Waals surface area contributed by atoms with Gasteiger partial charge in [-0.3, -0.25) is 4.79 Å². The van der Waals surface area contributed by atoms with E-state index in [-0.39, 0.29) is 11.7 Å². The Labute approximate surface area is 171 Å². The number of nitrogens with two attached hydrogens (primary N) is 1. The normalized spacial score (nSPS) is 20.2. The van der Waals surface area contributed by atoms with Crippen LogP contribution in [0.15, 0.2) is 60.7 Å². The van der Waals surface area contributed by atoms with Crippen molar-refractivity contribution >= 4 is 27.7 Å². The fourth-order valence-corrected chi connectivity index (χ4v) is 7.25. The molecule has 1 aliphatic rings. The zero-order valence-electron chi connectivity index (χ0n) is 16.1. The number of benzene rings is 2. The summed E-state index contributed by atoms with van der Waals surface area (Å²) in [5.41, 5.74) is 7.48. The molecular formula is C21H26N2O3S2. The summed E-state index contributed by atoms with van der Waals surface area (Å²) in [4.78, 5) is 12.2. The van der Waals surface area contributed by atoms with Crippen LogP contribution in [0.3, 0.4) is 0 Å². The Hall–Kier alpha value is -1.83. The summed E-state index contributed by atoms with van der Waals surface area (Å²) in [5.74, 6) is -0.390. The molecule has 0 aliphatic carbocycles. The number of rotatable bonds is 6. The molecule has 2 N–H and O–H groups in total. The van der Waals surface area contributed by atoms with Gasteiger partial charge in [-0.05, 0) is 25.0 Å². The molecule has 0 spiro atoms. The number of primary amides is 1. The molecule has 1 saturated heterocycles. The number of hydrogen-bond acceptors (Lipinski definition) is 4. The van der Waals surface area contributed by atoms with Crippen molar-refractivity contribution in [2.75, 3.05) is 18.1 Å². The first kappa shape index (κ1) is 20.9. The Balaban J connectivity index is 1.98. The average molecular weight is 419 g/mol. The molecule has 150 valence electrons. The van der Waals surface area contributed by atoms with Gasteiger partial charge in [0, 0.05) is 23.0 Å². The van der Waals surface area contributed by atoms with Crippen LogP contribution in [0.4, 0.5) is 0 Å². The molecule has 2 aromatic carbocycles. The van der Waals surface area contributed by atoms with E-state index in [1.54, 1.807) is 11.8 Å². The molecular weight excluding hydrogens is 392 g/mol. The maximum Gasteiger partial charge on any atom is 0.237 e. The van der Waals surface area contributed by atoms with Crippen molar-refractivity contribution < 1.29 is 13.2 Å². The molecule has 1 unspecified atom stereocenters. The molecule has 7 heteroatoms. The largest absolute Gasteiger partial charge is 0.368 e. The first-order valence-corrected chi connectivity index (χ1v) is 11.8. The highest BCUT2D eigenvalue weighted by Gasteiger charge is 2.47. The minimum atomic E-state index is -3.72. The smallest absolute Gasteiger partial charge is 0.237 e. The van der Waals surface area contributed by atoms with Crippen LogP contribution in [0, 0.1) is 0 Å². The van der Waals surface area contributed by atoms with Crippen molar-refractivity contribution in [1.29, 1.82) is 0 Å². The van der Waals surface area contributed by atoms with Crippen LogP contribution in [-0.4, -0.2) is 47.5 Å². The van der Waals surface area contributed by atoms with Crippen LogP contribution < -0.4 is 5.73 Å². The van der Waals surface area contributed by atoms with E-state index in [0.717, 1.165) is 11.1 Å². The monoisotopic (exact) mass is 418 g/mol. The predicted molar refractivity (Wildman–Crippen MR) is 115 cm³/mol. The van der Waals surface area contributed by atoms with E-state index in [1.165, 1.54) is 4.31 Å². The Kier molecular flexibility index (Phi) is 6.17. The van der Waals surface area contributed by atoms with Crippen LogP contribution in [0.2, 0.25) is 0 Å². The highest BCUT2D eigenvalue weighted by Crippen LogP contribution is 2.38. The Morgan fingerprint density at radius 3 is 2.07 bits per heavy atom. The lowest BCUT2D eigenvalue weighted by molar-refractivity contribution is -0.122. The molecule has 1 fully saturated rings. The molecule has 5 nitrogen and oxygen atoms in total. The van der Waals surface area contributed by atoms with Gasteiger partial charge < -0.3 is 5.73 Å². The van der Waals surface area contributed by atoms with Gasteiger partial charge in [0.25, 0.3) is 0 Å². The van der Waals surface area contributed by atoms with Crippen LogP contribution in [0.5, 0.6) is 0 Å². The number of sulfonamides is 1. The maximum atomic E-state index is 13.5. The van der Waals surface area contributed by atoms with E-state index in [9.17, 15) is 13.2 Å². The Bertz CT molecular complexity index is 876. The van der Waals surface area contributed by atoms with Crippen LogP contribution in [0.1, 0.15) is 30.9 Å². The van der Waals surface area contributed by atoms with Gasteiger partial charge in [-0.1, -0.05) is 60.7 Å². The molecule has 1 amide bonds. The number of hydrogen-bond donors (Lipinski definition) is 1. The van der Waals surface area contributed by atoms with Crippen LogP contribution in [-0.2, 0) is 14.8 Å². The summed E-state index contributed by atoms with van der Waals surface area (Å²) in [6.07, 6.45) is 0. The lowest BCUT2D eigenvalue weighted by Gasteiger charge is -2.43. The zero-order valence-corrected chi connectivity index (χ0v) is 17.7. The van der Waals surface area contributed by atoms with Gasteiger partial charge in [0.2, 0.25) is 15.9 Å². The van der Waals surface area contributed by atoms with Crippen molar-refractivity contribution in [2.45, 2.75) is 30.6 Å². The third-order valence-electron chi connectivity index (χ3n) is 5.14. The maximum absolute atomic E-state index is 13.5. The van der Waals surface area contributed by atoms with Gasteiger partial charge in [-0.15, -0.1) is 0 Å². The minimum Gasteiger partial charge on any atom is -0.368 e. The molecule has 0 radical (unpaired) electrons. The molecule has 0 saturated carbocycles. The lowest BCUT2D eigenvalue weighted by Crippen LogP contribution is -2.61. The Morgan fingerprint density at radius 1 is 1.11 bits per heavy atom. The lowest BCUT2D eigenvalue weighted by atomic mass is 9.93. The summed E-state index contributed by atoms with van der Waals surface area (Å²) in [6.45, 7) is 4.04. The fraction of sp³-hybridized carbons (Fsp3) is 0.381. The second-order valence-corrected chi connectivity index (χ2v) is 11.2. The van der Waals surface area contributed by atoms with Crippen molar-refractivity contribution in [3.8, 4) is 0 Å².